The van der Waals surface area contributed by atoms with Gasteiger partial charge in [-0.2, -0.15) is 13.2 Å². The first-order valence-electron chi connectivity index (χ1n) is 11.0. The number of hydrogen-bond donors (Lipinski definition) is 1. The molecule has 2 aromatic heterocycles. The zero-order chi connectivity index (χ0) is 23.6. The first-order chi connectivity index (χ1) is 15.8. The molecule has 0 bridgehead atoms. The minimum absolute atomic E-state index is 0.105. The molecule has 7 nitrogen and oxygen atoms in total. The lowest BCUT2D eigenvalue weighted by molar-refractivity contribution is -0.176. The zero-order valence-corrected chi connectivity index (χ0v) is 18.3. The minimum Gasteiger partial charge on any atom is -0.369 e. The molecule has 1 atom stereocenters. The van der Waals surface area contributed by atoms with Gasteiger partial charge in [0.25, 0.3) is 0 Å². The Labute approximate surface area is 189 Å². The number of carbonyl (C=O) groups excluding carboxylic acids is 1. The van der Waals surface area contributed by atoms with Gasteiger partial charge in [-0.15, -0.1) is 0 Å². The molecule has 11 heteroatoms. The number of nitrogens with zero attached hydrogens (tertiary/aromatic N) is 5. The molecule has 0 aliphatic carbocycles. The van der Waals surface area contributed by atoms with E-state index in [1.807, 2.05) is 13.0 Å². The number of fused-ring (bicyclic) bond motifs is 1. The van der Waals surface area contributed by atoms with Gasteiger partial charge in [0, 0.05) is 32.7 Å². The molecule has 33 heavy (non-hydrogen) atoms. The second-order valence-corrected chi connectivity index (χ2v) is 8.22. The summed E-state index contributed by atoms with van der Waals surface area (Å²) in [6.07, 6.45) is -2.03. The van der Waals surface area contributed by atoms with Crippen LogP contribution in [0.4, 0.5) is 45.5 Å². The Morgan fingerprint density at radius 3 is 2.67 bits per heavy atom. The Hall–Kier alpha value is -3.11. The molecule has 0 aromatic carbocycles. The number of anilines is 4. The van der Waals surface area contributed by atoms with Crippen molar-refractivity contribution < 1.29 is 22.4 Å². The maximum absolute atomic E-state index is 13.3. The van der Waals surface area contributed by atoms with E-state index in [1.54, 1.807) is 11.0 Å². The molecule has 2 aliphatic rings. The number of nitrogens with one attached hydrogen (secondary N) is 1. The molecule has 178 valence electrons. The van der Waals surface area contributed by atoms with Crippen molar-refractivity contribution in [3.63, 3.8) is 0 Å². The van der Waals surface area contributed by atoms with Gasteiger partial charge >= 0.3 is 12.2 Å². The van der Waals surface area contributed by atoms with Gasteiger partial charge in [-0.3, -0.25) is 10.2 Å². The molecule has 2 aliphatic heterocycles. The van der Waals surface area contributed by atoms with E-state index < -0.39 is 23.9 Å². The summed E-state index contributed by atoms with van der Waals surface area (Å²) in [5, 5.41) is 2.65. The van der Waals surface area contributed by atoms with Crippen LogP contribution < -0.4 is 20.0 Å². The van der Waals surface area contributed by atoms with Crippen LogP contribution in [0.2, 0.25) is 0 Å². The summed E-state index contributed by atoms with van der Waals surface area (Å²) in [4.78, 5) is 26.8. The second-order valence-electron chi connectivity index (χ2n) is 8.22. The van der Waals surface area contributed by atoms with Crippen LogP contribution in [-0.4, -0.2) is 54.9 Å². The topological polar surface area (TPSA) is 64.6 Å². The third-order valence-electron chi connectivity index (χ3n) is 6.04. The van der Waals surface area contributed by atoms with Crippen molar-refractivity contribution in [2.24, 2.45) is 5.92 Å². The van der Waals surface area contributed by atoms with Gasteiger partial charge in [0.05, 0.1) is 17.8 Å². The lowest BCUT2D eigenvalue weighted by Crippen LogP contribution is -2.42. The van der Waals surface area contributed by atoms with Gasteiger partial charge in [0.15, 0.2) is 5.82 Å². The van der Waals surface area contributed by atoms with E-state index >= 15 is 0 Å². The van der Waals surface area contributed by atoms with E-state index in [2.05, 4.69) is 20.2 Å². The molecule has 4 rings (SSSR count). The number of urea groups is 1. The molecule has 1 unspecified atom stereocenters. The molecular weight excluding hydrogens is 440 g/mol. The van der Waals surface area contributed by atoms with Crippen molar-refractivity contribution in [3.8, 4) is 0 Å². The number of amides is 2. The quantitative estimate of drug-likeness (QED) is 0.667. The molecular formula is C22H26F4N6O. The van der Waals surface area contributed by atoms with E-state index in [1.165, 1.54) is 17.0 Å². The van der Waals surface area contributed by atoms with Crippen molar-refractivity contribution in [2.45, 2.75) is 32.4 Å². The normalized spacial score (nSPS) is 19.2. The molecule has 1 fully saturated rings. The Bertz CT molecular complexity index is 984. The number of carbonyl (C=O) groups is 1. The predicted octanol–water partition coefficient (Wildman–Crippen LogP) is 4.66. The van der Waals surface area contributed by atoms with Crippen molar-refractivity contribution in [2.75, 3.05) is 52.7 Å². The highest BCUT2D eigenvalue weighted by Gasteiger charge is 2.42. The molecule has 2 aromatic rings. The summed E-state index contributed by atoms with van der Waals surface area (Å²) in [5.41, 5.74) is 0.741. The minimum atomic E-state index is -4.25. The average Bonchev–Trinajstić information content (AvgIpc) is 2.99. The van der Waals surface area contributed by atoms with Crippen LogP contribution in [0.15, 0.2) is 30.5 Å². The fraction of sp³-hybridized carbons (Fsp3) is 0.500. The lowest BCUT2D eigenvalue weighted by atomic mass is 9.97. The van der Waals surface area contributed by atoms with Crippen molar-refractivity contribution in [3.05, 3.63) is 36.3 Å². The lowest BCUT2D eigenvalue weighted by Gasteiger charge is -2.35. The highest BCUT2D eigenvalue weighted by atomic mass is 19.4. The molecule has 0 radical (unpaired) electrons. The van der Waals surface area contributed by atoms with E-state index in [-0.39, 0.29) is 18.8 Å². The SMILES string of the molecule is CCN1CCCN(C(=O)Nc2ccc(F)cn2)c2nc(N3CCCC(C(F)(F)F)C3)ccc21. The number of hydrogen-bond acceptors (Lipinski definition) is 5. The van der Waals surface area contributed by atoms with E-state index in [0.29, 0.717) is 50.7 Å². The maximum atomic E-state index is 13.3. The number of alkyl halides is 3. The molecule has 0 spiro atoms. The molecule has 4 heterocycles. The third kappa shape index (κ3) is 5.12. The molecule has 0 saturated carbocycles. The number of halogens is 4. The van der Waals surface area contributed by atoms with E-state index in [9.17, 15) is 22.4 Å². The molecule has 1 N–H and O–H groups in total. The summed E-state index contributed by atoms with van der Waals surface area (Å²) in [6.45, 7) is 4.10. The van der Waals surface area contributed by atoms with Crippen molar-refractivity contribution in [1.82, 2.24) is 9.97 Å². The van der Waals surface area contributed by atoms with Gasteiger partial charge in [-0.25, -0.2) is 19.2 Å². The summed E-state index contributed by atoms with van der Waals surface area (Å²) in [6, 6.07) is 5.62. The fourth-order valence-corrected chi connectivity index (χ4v) is 4.30. The van der Waals surface area contributed by atoms with Crippen molar-refractivity contribution in [1.29, 1.82) is 0 Å². The summed E-state index contributed by atoms with van der Waals surface area (Å²) < 4.78 is 53.1. The van der Waals surface area contributed by atoms with E-state index in [0.717, 1.165) is 11.9 Å². The van der Waals surface area contributed by atoms with Crippen LogP contribution in [-0.2, 0) is 0 Å². The molecule has 1 saturated heterocycles. The highest BCUT2D eigenvalue weighted by Crippen LogP contribution is 2.37. The smallest absolute Gasteiger partial charge is 0.369 e. The molecule has 2 amide bonds. The van der Waals surface area contributed by atoms with Crippen LogP contribution in [0.5, 0.6) is 0 Å². The van der Waals surface area contributed by atoms with Crippen LogP contribution in [0.25, 0.3) is 0 Å². The zero-order valence-electron chi connectivity index (χ0n) is 18.3. The van der Waals surface area contributed by atoms with Gasteiger partial charge in [-0.05, 0) is 50.5 Å². The van der Waals surface area contributed by atoms with Gasteiger partial charge < -0.3 is 9.80 Å². The van der Waals surface area contributed by atoms with Gasteiger partial charge in [0.1, 0.15) is 17.5 Å². The Morgan fingerprint density at radius 2 is 1.97 bits per heavy atom. The largest absolute Gasteiger partial charge is 0.393 e. The highest BCUT2D eigenvalue weighted by molar-refractivity contribution is 6.02. The van der Waals surface area contributed by atoms with Crippen molar-refractivity contribution >= 4 is 29.2 Å². The summed E-state index contributed by atoms with van der Waals surface area (Å²) >= 11 is 0. The van der Waals surface area contributed by atoms with Gasteiger partial charge in [0.2, 0.25) is 0 Å². The van der Waals surface area contributed by atoms with Gasteiger partial charge in [-0.1, -0.05) is 0 Å². The average molecular weight is 466 g/mol. The third-order valence-corrected chi connectivity index (χ3v) is 6.04. The van der Waals surface area contributed by atoms with Crippen LogP contribution in [0, 0.1) is 11.7 Å². The number of rotatable bonds is 3. The predicted molar refractivity (Wildman–Crippen MR) is 118 cm³/mol. The Balaban J connectivity index is 1.64. The number of aromatic nitrogens is 2. The summed E-state index contributed by atoms with van der Waals surface area (Å²) in [5.74, 6) is -0.918. The number of pyridine rings is 2. The second kappa shape index (κ2) is 9.40. The Morgan fingerprint density at radius 1 is 1.15 bits per heavy atom. The standard InChI is InChI=1S/C22H26F4N6O/c1-2-30-11-4-12-32(21(33)28-18-8-6-16(23)13-27-18)20-17(30)7-9-19(29-20)31-10-3-5-15(14-31)22(24,25)26/h6-9,13,15H,2-5,10-12,14H2,1H3,(H,27,28,33). The van der Waals surface area contributed by atoms with Crippen LogP contribution in [0.1, 0.15) is 26.2 Å². The number of piperidine rings is 1. The summed E-state index contributed by atoms with van der Waals surface area (Å²) in [7, 11) is 0. The fourth-order valence-electron chi connectivity index (χ4n) is 4.30. The maximum Gasteiger partial charge on any atom is 0.393 e. The van der Waals surface area contributed by atoms with Crippen LogP contribution >= 0.6 is 0 Å². The van der Waals surface area contributed by atoms with Crippen LogP contribution in [0.3, 0.4) is 0 Å². The van der Waals surface area contributed by atoms with E-state index in [4.69, 9.17) is 0 Å². The monoisotopic (exact) mass is 466 g/mol. The Kier molecular flexibility index (Phi) is 6.57. The first kappa shape index (κ1) is 23.1. The first-order valence-corrected chi connectivity index (χ1v) is 11.0.